The lowest BCUT2D eigenvalue weighted by atomic mass is 10.2. The molecule has 31 heavy (non-hydrogen) atoms. The lowest BCUT2D eigenvalue weighted by Gasteiger charge is -2.37. The number of H-pyrrole nitrogens is 1. The van der Waals surface area contributed by atoms with Gasteiger partial charge in [-0.05, 0) is 43.3 Å². The molecule has 0 radical (unpaired) electrons. The van der Waals surface area contributed by atoms with Crippen molar-refractivity contribution in [2.24, 2.45) is 0 Å². The van der Waals surface area contributed by atoms with E-state index in [2.05, 4.69) is 15.2 Å². The van der Waals surface area contributed by atoms with Crippen LogP contribution < -0.4 is 15.0 Å². The van der Waals surface area contributed by atoms with Gasteiger partial charge in [0.1, 0.15) is 17.5 Å². The summed E-state index contributed by atoms with van der Waals surface area (Å²) in [6.07, 6.45) is 0. The van der Waals surface area contributed by atoms with Gasteiger partial charge in [-0.3, -0.25) is 9.59 Å². The summed E-state index contributed by atoms with van der Waals surface area (Å²) in [5.41, 5.74) is 2.25. The van der Waals surface area contributed by atoms with Crippen molar-refractivity contribution in [1.82, 2.24) is 15.2 Å². The highest BCUT2D eigenvalue weighted by Crippen LogP contribution is 2.26. The van der Waals surface area contributed by atoms with E-state index >= 15 is 0 Å². The van der Waals surface area contributed by atoms with E-state index in [1.54, 1.807) is 25.0 Å². The lowest BCUT2D eigenvalue weighted by Crippen LogP contribution is -2.54. The van der Waals surface area contributed by atoms with E-state index in [1.807, 2.05) is 42.5 Å². The molecule has 0 unspecified atom stereocenters. The number of piperazine rings is 1. The summed E-state index contributed by atoms with van der Waals surface area (Å²) in [4.78, 5) is 32.7. The first-order valence-electron chi connectivity index (χ1n) is 10.2. The smallest absolute Gasteiger partial charge is 0.268 e. The third kappa shape index (κ3) is 4.46. The van der Waals surface area contributed by atoms with Gasteiger partial charge in [-0.25, -0.2) is 0 Å². The van der Waals surface area contributed by atoms with Gasteiger partial charge in [0, 0.05) is 47.8 Å². The number of hydrogen-bond acceptors (Lipinski definition) is 4. The molecular formula is C23H25ClN4O3. The van der Waals surface area contributed by atoms with Crippen molar-refractivity contribution in [1.29, 1.82) is 0 Å². The summed E-state index contributed by atoms with van der Waals surface area (Å²) in [5.74, 6) is 0.277. The summed E-state index contributed by atoms with van der Waals surface area (Å²) in [6, 6.07) is 14.4. The quantitative estimate of drug-likeness (QED) is 0.638. The number of carbonyl (C=O) groups is 2. The molecule has 0 bridgehead atoms. The van der Waals surface area contributed by atoms with Crippen LogP contribution in [0.4, 0.5) is 5.69 Å². The van der Waals surface area contributed by atoms with Crippen LogP contribution >= 0.6 is 11.6 Å². The number of amides is 2. The molecule has 0 aliphatic carbocycles. The Morgan fingerprint density at radius 2 is 1.84 bits per heavy atom. The Balaban J connectivity index is 1.36. The second kappa shape index (κ2) is 8.89. The molecule has 2 N–H and O–H groups in total. The highest BCUT2D eigenvalue weighted by molar-refractivity contribution is 6.30. The van der Waals surface area contributed by atoms with Crippen molar-refractivity contribution in [3.05, 3.63) is 59.2 Å². The molecule has 2 aromatic carbocycles. The summed E-state index contributed by atoms with van der Waals surface area (Å²) < 4.78 is 5.34. The maximum absolute atomic E-state index is 12.9. The van der Waals surface area contributed by atoms with Gasteiger partial charge in [0.25, 0.3) is 5.91 Å². The standard InChI is InChI=1S/C23H25ClN4O3/c1-15(25-22(29)20-14-18-19(26-20)7-4-8-21(18)31-2)23(30)28-11-9-27(10-12-28)17-6-3-5-16(24)13-17/h3-8,13-15,26H,9-12H2,1-2H3,(H,25,29)/t15-/m0/s1. The van der Waals surface area contributed by atoms with Crippen molar-refractivity contribution in [3.63, 3.8) is 0 Å². The van der Waals surface area contributed by atoms with E-state index in [1.165, 1.54) is 0 Å². The van der Waals surface area contributed by atoms with E-state index in [4.69, 9.17) is 16.3 Å². The number of rotatable bonds is 5. The average Bonchev–Trinajstić information content (AvgIpc) is 3.23. The first-order chi connectivity index (χ1) is 15.0. The summed E-state index contributed by atoms with van der Waals surface area (Å²) in [5, 5.41) is 4.33. The number of nitrogens with one attached hydrogen (secondary N) is 2. The van der Waals surface area contributed by atoms with Crippen LogP contribution in [-0.2, 0) is 4.79 Å². The predicted molar refractivity (Wildman–Crippen MR) is 122 cm³/mol. The van der Waals surface area contributed by atoms with Crippen molar-refractivity contribution in [3.8, 4) is 5.75 Å². The second-order valence-electron chi connectivity index (χ2n) is 7.59. The minimum Gasteiger partial charge on any atom is -0.496 e. The third-order valence-electron chi connectivity index (χ3n) is 5.57. The zero-order valence-electron chi connectivity index (χ0n) is 17.5. The summed E-state index contributed by atoms with van der Waals surface area (Å²) >= 11 is 6.09. The number of benzene rings is 2. The number of carbonyl (C=O) groups excluding carboxylic acids is 2. The number of halogens is 1. The Labute approximate surface area is 185 Å². The maximum Gasteiger partial charge on any atom is 0.268 e. The first kappa shape index (κ1) is 21.1. The Morgan fingerprint density at radius 1 is 1.10 bits per heavy atom. The van der Waals surface area contributed by atoms with Gasteiger partial charge in [0.2, 0.25) is 5.91 Å². The van der Waals surface area contributed by atoms with E-state index < -0.39 is 6.04 Å². The van der Waals surface area contributed by atoms with Crippen molar-refractivity contribution in [2.75, 3.05) is 38.2 Å². The van der Waals surface area contributed by atoms with E-state index in [9.17, 15) is 9.59 Å². The fourth-order valence-electron chi connectivity index (χ4n) is 3.90. The predicted octanol–water partition coefficient (Wildman–Crippen LogP) is 3.30. The zero-order chi connectivity index (χ0) is 22.0. The van der Waals surface area contributed by atoms with Gasteiger partial charge in [-0.15, -0.1) is 0 Å². The van der Waals surface area contributed by atoms with E-state index in [0.29, 0.717) is 42.6 Å². The molecule has 0 saturated carbocycles. The van der Waals surface area contributed by atoms with Crippen LogP contribution in [0.1, 0.15) is 17.4 Å². The Kier molecular flexibility index (Phi) is 6.04. The van der Waals surface area contributed by atoms with Crippen molar-refractivity contribution >= 4 is 40.0 Å². The Bertz CT molecular complexity index is 1110. The summed E-state index contributed by atoms with van der Waals surface area (Å²) in [7, 11) is 1.59. The SMILES string of the molecule is COc1cccc2[nH]c(C(=O)N[C@@H](C)C(=O)N3CCN(c4cccc(Cl)c4)CC3)cc12. The van der Waals surface area contributed by atoms with Crippen LogP contribution in [0, 0.1) is 0 Å². The second-order valence-corrected chi connectivity index (χ2v) is 8.03. The molecule has 4 rings (SSSR count). The fourth-order valence-corrected chi connectivity index (χ4v) is 4.08. The minimum absolute atomic E-state index is 0.0900. The normalized spacial score (nSPS) is 15.1. The molecule has 0 spiro atoms. The molecule has 8 heteroatoms. The molecule has 1 fully saturated rings. The number of nitrogens with zero attached hydrogens (tertiary/aromatic N) is 2. The van der Waals surface area contributed by atoms with Gasteiger partial charge in [-0.2, -0.15) is 0 Å². The molecule has 7 nitrogen and oxygen atoms in total. The Morgan fingerprint density at radius 3 is 2.55 bits per heavy atom. The van der Waals surface area contributed by atoms with Crippen LogP contribution in [-0.4, -0.2) is 61.0 Å². The number of anilines is 1. The zero-order valence-corrected chi connectivity index (χ0v) is 18.3. The topological polar surface area (TPSA) is 77.7 Å². The van der Waals surface area contributed by atoms with Gasteiger partial charge >= 0.3 is 0 Å². The average molecular weight is 441 g/mol. The van der Waals surface area contributed by atoms with Crippen LogP contribution in [0.3, 0.4) is 0 Å². The first-order valence-corrected chi connectivity index (χ1v) is 10.6. The van der Waals surface area contributed by atoms with Crippen LogP contribution in [0.5, 0.6) is 5.75 Å². The number of hydrogen-bond donors (Lipinski definition) is 2. The molecule has 2 heterocycles. The number of ether oxygens (including phenoxy) is 1. The molecule has 2 amide bonds. The molecule has 1 aromatic heterocycles. The highest BCUT2D eigenvalue weighted by atomic mass is 35.5. The number of aromatic amines is 1. The fraction of sp³-hybridized carbons (Fsp3) is 0.304. The molecule has 1 aliphatic rings. The van der Waals surface area contributed by atoms with Gasteiger partial charge in [-0.1, -0.05) is 23.7 Å². The van der Waals surface area contributed by atoms with Crippen LogP contribution in [0.15, 0.2) is 48.5 Å². The van der Waals surface area contributed by atoms with E-state index in [0.717, 1.165) is 16.6 Å². The van der Waals surface area contributed by atoms with E-state index in [-0.39, 0.29) is 11.8 Å². The maximum atomic E-state index is 12.9. The van der Waals surface area contributed by atoms with Crippen LogP contribution in [0.25, 0.3) is 10.9 Å². The number of aromatic nitrogens is 1. The largest absolute Gasteiger partial charge is 0.496 e. The number of methoxy groups -OCH3 is 1. The Hall–Kier alpha value is -3.19. The van der Waals surface area contributed by atoms with Gasteiger partial charge in [0.15, 0.2) is 0 Å². The molecule has 1 aliphatic heterocycles. The molecule has 1 saturated heterocycles. The molecule has 162 valence electrons. The number of fused-ring (bicyclic) bond motifs is 1. The van der Waals surface area contributed by atoms with Gasteiger partial charge in [0.05, 0.1) is 7.11 Å². The van der Waals surface area contributed by atoms with Crippen LogP contribution in [0.2, 0.25) is 5.02 Å². The van der Waals surface area contributed by atoms with Gasteiger partial charge < -0.3 is 24.8 Å². The molecule has 3 aromatic rings. The monoisotopic (exact) mass is 440 g/mol. The summed E-state index contributed by atoms with van der Waals surface area (Å²) in [6.45, 7) is 4.33. The lowest BCUT2D eigenvalue weighted by molar-refractivity contribution is -0.133. The third-order valence-corrected chi connectivity index (χ3v) is 5.81. The van der Waals surface area contributed by atoms with Crippen molar-refractivity contribution < 1.29 is 14.3 Å². The van der Waals surface area contributed by atoms with Crippen molar-refractivity contribution in [2.45, 2.75) is 13.0 Å². The minimum atomic E-state index is -0.626. The molecular weight excluding hydrogens is 416 g/mol. The highest BCUT2D eigenvalue weighted by Gasteiger charge is 2.26. The molecule has 1 atom stereocenters.